The molecule has 0 saturated carbocycles. The van der Waals surface area contributed by atoms with E-state index in [-0.39, 0.29) is 17.9 Å². The highest BCUT2D eigenvalue weighted by Gasteiger charge is 2.26. The average molecular weight is 408 g/mol. The second-order valence-electron chi connectivity index (χ2n) is 6.86. The van der Waals surface area contributed by atoms with Gasteiger partial charge in [-0.2, -0.15) is 4.98 Å². The predicted octanol–water partition coefficient (Wildman–Crippen LogP) is 3.09. The van der Waals surface area contributed by atoms with Crippen LogP contribution in [0.2, 0.25) is 0 Å². The van der Waals surface area contributed by atoms with E-state index in [4.69, 9.17) is 4.74 Å². The van der Waals surface area contributed by atoms with Crippen LogP contribution in [0.5, 0.6) is 5.88 Å². The molecule has 1 atom stereocenters. The van der Waals surface area contributed by atoms with Crippen molar-refractivity contribution in [2.75, 3.05) is 30.4 Å². The fourth-order valence-corrected chi connectivity index (χ4v) is 3.28. The van der Waals surface area contributed by atoms with Gasteiger partial charge in [0.1, 0.15) is 11.6 Å². The second-order valence-corrected chi connectivity index (χ2v) is 6.86. The summed E-state index contributed by atoms with van der Waals surface area (Å²) < 4.78 is 18.3. The van der Waals surface area contributed by atoms with Gasteiger partial charge >= 0.3 is 6.03 Å². The number of halogens is 1. The van der Waals surface area contributed by atoms with Gasteiger partial charge in [-0.25, -0.2) is 14.2 Å². The zero-order valence-corrected chi connectivity index (χ0v) is 16.4. The fourth-order valence-electron chi connectivity index (χ4n) is 3.28. The summed E-state index contributed by atoms with van der Waals surface area (Å²) in [6, 6.07) is 10.7. The molecule has 8 nitrogen and oxygen atoms in total. The van der Waals surface area contributed by atoms with Crippen molar-refractivity contribution in [3.8, 4) is 17.3 Å². The summed E-state index contributed by atoms with van der Waals surface area (Å²) in [5.41, 5.74) is 1.38. The van der Waals surface area contributed by atoms with Crippen molar-refractivity contribution in [3.05, 3.63) is 60.7 Å². The number of amides is 2. The monoisotopic (exact) mass is 408 g/mol. The maximum atomic E-state index is 13.0. The highest BCUT2D eigenvalue weighted by Crippen LogP contribution is 2.25. The van der Waals surface area contributed by atoms with Gasteiger partial charge in [-0.05, 0) is 42.8 Å². The van der Waals surface area contributed by atoms with Gasteiger partial charge in [-0.15, -0.1) is 0 Å². The molecular formula is C21H21FN6O2. The molecule has 2 N–H and O–H groups in total. The number of rotatable bonds is 5. The third-order valence-corrected chi connectivity index (χ3v) is 4.79. The minimum Gasteiger partial charge on any atom is -0.481 e. The molecule has 0 radical (unpaired) electrons. The third-order valence-electron chi connectivity index (χ3n) is 4.79. The Kier molecular flexibility index (Phi) is 5.69. The number of aromatic nitrogens is 3. The molecule has 0 bridgehead atoms. The van der Waals surface area contributed by atoms with Crippen LogP contribution in [-0.4, -0.2) is 47.2 Å². The van der Waals surface area contributed by atoms with Gasteiger partial charge in [0.15, 0.2) is 5.82 Å². The molecule has 4 rings (SSSR count). The van der Waals surface area contributed by atoms with E-state index in [1.807, 2.05) is 12.1 Å². The highest BCUT2D eigenvalue weighted by molar-refractivity contribution is 5.89. The third kappa shape index (κ3) is 4.62. The molecule has 1 aliphatic rings. The van der Waals surface area contributed by atoms with Gasteiger partial charge in [-0.1, -0.05) is 0 Å². The molecule has 1 unspecified atom stereocenters. The van der Waals surface area contributed by atoms with Crippen molar-refractivity contribution in [1.29, 1.82) is 0 Å². The van der Waals surface area contributed by atoms with E-state index in [0.29, 0.717) is 23.9 Å². The van der Waals surface area contributed by atoms with E-state index in [1.54, 1.807) is 25.6 Å². The maximum Gasteiger partial charge on any atom is 0.319 e. The van der Waals surface area contributed by atoms with Crippen LogP contribution in [-0.2, 0) is 0 Å². The Morgan fingerprint density at radius 2 is 1.93 bits per heavy atom. The van der Waals surface area contributed by atoms with E-state index in [9.17, 15) is 9.18 Å². The summed E-state index contributed by atoms with van der Waals surface area (Å²) >= 11 is 0. The maximum absolute atomic E-state index is 13.0. The standard InChI is InChI=1S/C21H21FN6O2/c1-30-19-12-18(26-20(27-19)14-6-9-23-10-7-14)28-11-8-17(13-28)25-21(29)24-16-4-2-15(22)3-5-16/h2-7,9-10,12,17H,8,11,13H2,1H3,(H2,24,25,29). The lowest BCUT2D eigenvalue weighted by Crippen LogP contribution is -2.39. The molecule has 2 aromatic heterocycles. The van der Waals surface area contributed by atoms with Gasteiger partial charge in [0.05, 0.1) is 7.11 Å². The summed E-state index contributed by atoms with van der Waals surface area (Å²) in [5.74, 6) is 1.41. The molecule has 2 amide bonds. The van der Waals surface area contributed by atoms with Crippen molar-refractivity contribution in [1.82, 2.24) is 20.3 Å². The van der Waals surface area contributed by atoms with Crippen LogP contribution in [0.25, 0.3) is 11.4 Å². The van der Waals surface area contributed by atoms with E-state index in [2.05, 4.69) is 30.5 Å². The number of pyridine rings is 1. The van der Waals surface area contributed by atoms with Gasteiger partial charge in [0.2, 0.25) is 5.88 Å². The summed E-state index contributed by atoms with van der Waals surface area (Å²) in [7, 11) is 1.57. The summed E-state index contributed by atoms with van der Waals surface area (Å²) in [4.78, 5) is 27.4. The van der Waals surface area contributed by atoms with Gasteiger partial charge in [0, 0.05) is 48.8 Å². The Labute approximate surface area is 173 Å². The number of methoxy groups -OCH3 is 1. The number of benzene rings is 1. The lowest BCUT2D eigenvalue weighted by Gasteiger charge is -2.19. The number of hydrogen-bond acceptors (Lipinski definition) is 6. The van der Waals surface area contributed by atoms with Crippen LogP contribution in [0.4, 0.5) is 20.7 Å². The number of urea groups is 1. The first-order valence-corrected chi connectivity index (χ1v) is 9.52. The lowest BCUT2D eigenvalue weighted by atomic mass is 10.2. The Morgan fingerprint density at radius 3 is 2.67 bits per heavy atom. The van der Waals surface area contributed by atoms with E-state index in [1.165, 1.54) is 24.3 Å². The van der Waals surface area contributed by atoms with Crippen molar-refractivity contribution < 1.29 is 13.9 Å². The molecule has 3 aromatic rings. The van der Waals surface area contributed by atoms with Crippen LogP contribution in [0.15, 0.2) is 54.9 Å². The normalized spacial score (nSPS) is 15.7. The molecule has 30 heavy (non-hydrogen) atoms. The number of carbonyl (C=O) groups is 1. The van der Waals surface area contributed by atoms with Crippen LogP contribution in [0.3, 0.4) is 0 Å². The Balaban J connectivity index is 1.42. The second kappa shape index (κ2) is 8.73. The number of ether oxygens (including phenoxy) is 1. The zero-order valence-electron chi connectivity index (χ0n) is 16.4. The zero-order chi connectivity index (χ0) is 20.9. The first-order chi connectivity index (χ1) is 14.6. The molecule has 0 aliphatic carbocycles. The quantitative estimate of drug-likeness (QED) is 0.674. The number of nitrogens with one attached hydrogen (secondary N) is 2. The topological polar surface area (TPSA) is 92.3 Å². The Hall–Kier alpha value is -3.75. The Morgan fingerprint density at radius 1 is 1.17 bits per heavy atom. The van der Waals surface area contributed by atoms with E-state index in [0.717, 1.165) is 24.3 Å². The minimum absolute atomic E-state index is 0.0456. The number of carbonyl (C=O) groups excluding carboxylic acids is 1. The molecule has 9 heteroatoms. The largest absolute Gasteiger partial charge is 0.481 e. The number of nitrogens with zero attached hydrogens (tertiary/aromatic N) is 4. The summed E-state index contributed by atoms with van der Waals surface area (Å²) in [5, 5.41) is 5.66. The highest BCUT2D eigenvalue weighted by atomic mass is 19.1. The van der Waals surface area contributed by atoms with Crippen molar-refractivity contribution in [2.24, 2.45) is 0 Å². The predicted molar refractivity (Wildman–Crippen MR) is 111 cm³/mol. The van der Waals surface area contributed by atoms with Crippen molar-refractivity contribution >= 4 is 17.5 Å². The van der Waals surface area contributed by atoms with Crippen molar-refractivity contribution in [2.45, 2.75) is 12.5 Å². The van der Waals surface area contributed by atoms with Crippen LogP contribution in [0, 0.1) is 5.82 Å². The van der Waals surface area contributed by atoms with Gasteiger partial charge in [-0.3, -0.25) is 4.98 Å². The molecule has 154 valence electrons. The van der Waals surface area contributed by atoms with E-state index >= 15 is 0 Å². The molecule has 1 saturated heterocycles. The number of anilines is 2. The molecular weight excluding hydrogens is 387 g/mol. The molecule has 3 heterocycles. The smallest absolute Gasteiger partial charge is 0.319 e. The first-order valence-electron chi connectivity index (χ1n) is 9.52. The molecule has 1 fully saturated rings. The van der Waals surface area contributed by atoms with Crippen LogP contribution < -0.4 is 20.3 Å². The van der Waals surface area contributed by atoms with Crippen LogP contribution in [0.1, 0.15) is 6.42 Å². The first kappa shape index (κ1) is 19.6. The lowest BCUT2D eigenvalue weighted by molar-refractivity contribution is 0.249. The minimum atomic E-state index is -0.348. The molecule has 0 spiro atoms. The number of hydrogen-bond donors (Lipinski definition) is 2. The summed E-state index contributed by atoms with van der Waals surface area (Å²) in [6.45, 7) is 1.34. The van der Waals surface area contributed by atoms with E-state index < -0.39 is 0 Å². The summed E-state index contributed by atoms with van der Waals surface area (Å²) in [6.07, 6.45) is 4.15. The fraction of sp³-hybridized carbons (Fsp3) is 0.238. The van der Waals surface area contributed by atoms with Gasteiger partial charge < -0.3 is 20.3 Å². The SMILES string of the molecule is COc1cc(N2CCC(NC(=O)Nc3ccc(F)cc3)C2)nc(-c2ccncc2)n1. The average Bonchev–Trinajstić information content (AvgIpc) is 3.24. The molecule has 1 aliphatic heterocycles. The van der Waals surface area contributed by atoms with Gasteiger partial charge in [0.25, 0.3) is 0 Å². The van der Waals surface area contributed by atoms with Crippen molar-refractivity contribution in [3.63, 3.8) is 0 Å². The Bertz CT molecular complexity index is 1020. The molecule has 1 aromatic carbocycles. The van der Waals surface area contributed by atoms with Crippen LogP contribution >= 0.6 is 0 Å².